The molecule has 0 saturated carbocycles. The fourth-order valence-electron chi connectivity index (χ4n) is 8.03. The van der Waals surface area contributed by atoms with Crippen LogP contribution in [0.5, 0.6) is 0 Å². The minimum absolute atomic E-state index is 0.0129. The van der Waals surface area contributed by atoms with Crippen LogP contribution in [0, 0.1) is 0 Å². The van der Waals surface area contributed by atoms with Crippen molar-refractivity contribution in [2.45, 2.75) is 264 Å². The van der Waals surface area contributed by atoms with Crippen LogP contribution in [0.1, 0.15) is 251 Å². The lowest BCUT2D eigenvalue weighted by molar-refractivity contribution is -0.870. The van der Waals surface area contributed by atoms with Gasteiger partial charge >= 0.3 is 0 Å². The van der Waals surface area contributed by atoms with E-state index in [1.807, 2.05) is 21.1 Å². The Hall–Kier alpha value is -1.54. The molecule has 0 aromatic rings. The molecule has 65 heavy (non-hydrogen) atoms. The van der Waals surface area contributed by atoms with Crippen molar-refractivity contribution >= 4 is 13.7 Å². The number of unbranched alkanes of at least 4 members (excludes halogenated alkanes) is 29. The summed E-state index contributed by atoms with van der Waals surface area (Å²) in [4.78, 5) is 25.4. The number of likely N-dealkylation sites (N-methyl/N-ethyl adjacent to an activating group) is 1. The third-order valence-corrected chi connectivity index (χ3v) is 13.3. The highest BCUT2D eigenvalue weighted by Gasteiger charge is 2.24. The minimum Gasteiger partial charge on any atom is -0.756 e. The van der Waals surface area contributed by atoms with Gasteiger partial charge in [0.25, 0.3) is 7.82 Å². The maximum Gasteiger partial charge on any atom is 0.268 e. The summed E-state index contributed by atoms with van der Waals surface area (Å²) in [6.45, 7) is 4.60. The Balaban J connectivity index is 3.93. The van der Waals surface area contributed by atoms with Gasteiger partial charge in [-0.3, -0.25) is 9.36 Å². The first-order valence-corrected chi connectivity index (χ1v) is 28.9. The third kappa shape index (κ3) is 50.2. The number of amides is 1. The summed E-state index contributed by atoms with van der Waals surface area (Å²) in [5.41, 5.74) is 0. The van der Waals surface area contributed by atoms with E-state index in [2.05, 4.69) is 67.8 Å². The smallest absolute Gasteiger partial charge is 0.268 e. The molecule has 0 heterocycles. The lowest BCUT2D eigenvalue weighted by atomic mass is 10.0. The molecule has 382 valence electrons. The number of nitrogens with one attached hydrogen (secondary N) is 1. The van der Waals surface area contributed by atoms with E-state index in [9.17, 15) is 19.4 Å². The summed E-state index contributed by atoms with van der Waals surface area (Å²) < 4.78 is 23.3. The average Bonchev–Trinajstić information content (AvgIpc) is 3.26. The van der Waals surface area contributed by atoms with Gasteiger partial charge in [0.2, 0.25) is 5.91 Å². The van der Waals surface area contributed by atoms with Crippen LogP contribution in [0.25, 0.3) is 0 Å². The van der Waals surface area contributed by atoms with Gasteiger partial charge in [-0.15, -0.1) is 0 Å². The monoisotopic (exact) mass is 935 g/mol. The number of aliphatic hydroxyl groups is 1. The molecule has 8 nitrogen and oxygen atoms in total. The number of phosphoric acid groups is 1. The van der Waals surface area contributed by atoms with E-state index in [1.165, 1.54) is 161 Å². The van der Waals surface area contributed by atoms with Crippen LogP contribution < -0.4 is 10.2 Å². The maximum atomic E-state index is 12.9. The molecule has 2 N–H and O–H groups in total. The van der Waals surface area contributed by atoms with Gasteiger partial charge in [0, 0.05) is 6.42 Å². The van der Waals surface area contributed by atoms with Gasteiger partial charge in [-0.1, -0.05) is 242 Å². The second-order valence-electron chi connectivity index (χ2n) is 19.9. The average molecular weight is 935 g/mol. The van der Waals surface area contributed by atoms with Crippen molar-refractivity contribution in [3.8, 4) is 0 Å². The highest BCUT2D eigenvalue weighted by molar-refractivity contribution is 7.45. The highest BCUT2D eigenvalue weighted by atomic mass is 31.2. The van der Waals surface area contributed by atoms with E-state index < -0.39 is 20.0 Å². The predicted octanol–water partition coefficient (Wildman–Crippen LogP) is 15.7. The SMILES string of the molecule is CC/C=C\C/C=C\C/C=C\C/C=C\CCCCCCCCCCCCCCCCCCCCCCC(=O)NC(COP(=O)([O-])OCC[N+](C)(C)C)C(O)CCCCCCCCCCCC. The van der Waals surface area contributed by atoms with E-state index >= 15 is 0 Å². The van der Waals surface area contributed by atoms with E-state index in [1.54, 1.807) is 0 Å². The maximum absolute atomic E-state index is 12.9. The molecular formula is C56H107N2O6P. The summed E-state index contributed by atoms with van der Waals surface area (Å²) in [7, 11) is 1.31. The van der Waals surface area contributed by atoms with Gasteiger partial charge in [-0.2, -0.15) is 0 Å². The summed E-state index contributed by atoms with van der Waals surface area (Å²) in [5, 5.41) is 13.9. The quantitative estimate of drug-likeness (QED) is 0.0272. The Bertz CT molecular complexity index is 1200. The molecule has 3 unspecified atom stereocenters. The van der Waals surface area contributed by atoms with E-state index in [0.717, 1.165) is 64.2 Å². The summed E-state index contributed by atoms with van der Waals surface area (Å²) in [6, 6.07) is -0.797. The van der Waals surface area contributed by atoms with E-state index in [0.29, 0.717) is 23.9 Å². The van der Waals surface area contributed by atoms with Gasteiger partial charge in [0.05, 0.1) is 39.9 Å². The molecule has 3 atom stereocenters. The summed E-state index contributed by atoms with van der Waals surface area (Å²) in [6.07, 6.45) is 61.6. The molecule has 9 heteroatoms. The molecule has 0 aromatic carbocycles. The van der Waals surface area contributed by atoms with E-state index in [4.69, 9.17) is 9.05 Å². The van der Waals surface area contributed by atoms with Gasteiger partial charge in [-0.05, 0) is 51.4 Å². The number of hydrogen-bond acceptors (Lipinski definition) is 6. The second-order valence-corrected chi connectivity index (χ2v) is 21.3. The second kappa shape index (κ2) is 47.5. The molecule has 1 amide bonds. The topological polar surface area (TPSA) is 108 Å². The molecule has 0 rings (SSSR count). The molecule has 0 saturated heterocycles. The van der Waals surface area contributed by atoms with Crippen molar-refractivity contribution in [2.75, 3.05) is 40.9 Å². The third-order valence-electron chi connectivity index (χ3n) is 12.3. The number of allylic oxidation sites excluding steroid dienone is 8. The molecule has 0 aliphatic rings. The molecule has 0 fully saturated rings. The number of quaternary nitrogens is 1. The Morgan fingerprint density at radius 1 is 0.554 bits per heavy atom. The highest BCUT2D eigenvalue weighted by Crippen LogP contribution is 2.38. The van der Waals surface area contributed by atoms with Crippen LogP contribution in [0.3, 0.4) is 0 Å². The zero-order valence-electron chi connectivity index (χ0n) is 43.4. The van der Waals surface area contributed by atoms with Gasteiger partial charge in [-0.25, -0.2) is 0 Å². The van der Waals surface area contributed by atoms with Crippen LogP contribution in [0.15, 0.2) is 48.6 Å². The zero-order valence-corrected chi connectivity index (χ0v) is 44.3. The zero-order chi connectivity index (χ0) is 47.8. The largest absolute Gasteiger partial charge is 0.756 e. The predicted molar refractivity (Wildman–Crippen MR) is 279 cm³/mol. The molecule has 0 aromatic heterocycles. The molecule has 0 aliphatic carbocycles. The Kier molecular flexibility index (Phi) is 46.4. The summed E-state index contributed by atoms with van der Waals surface area (Å²) >= 11 is 0. The van der Waals surface area contributed by atoms with Crippen LogP contribution in [0.4, 0.5) is 0 Å². The van der Waals surface area contributed by atoms with Crippen molar-refractivity contribution in [3.05, 3.63) is 48.6 Å². The first kappa shape index (κ1) is 63.5. The number of phosphoric ester groups is 1. The lowest BCUT2D eigenvalue weighted by Crippen LogP contribution is -2.46. The van der Waals surface area contributed by atoms with Crippen LogP contribution >= 0.6 is 7.82 Å². The Morgan fingerprint density at radius 3 is 1.37 bits per heavy atom. The van der Waals surface area contributed by atoms with Crippen LogP contribution in [-0.2, 0) is 18.4 Å². The van der Waals surface area contributed by atoms with E-state index in [-0.39, 0.29) is 19.1 Å². The summed E-state index contributed by atoms with van der Waals surface area (Å²) in [5.74, 6) is -0.164. The first-order valence-electron chi connectivity index (χ1n) is 27.5. The minimum atomic E-state index is -4.56. The standard InChI is InChI=1S/C56H107N2O6P/c1-6-8-10-12-14-16-18-19-20-21-22-23-24-25-26-27-28-29-30-31-32-33-34-35-36-37-38-39-40-42-44-46-48-50-56(60)57-54(53-64-65(61,62)63-52-51-58(3,4)5)55(59)49-47-45-43-41-17-15-13-11-9-7-2/h8,10,14,16,19-20,22-23,54-55,59H,6-7,9,11-13,15,17-18,21,24-53H2,1-5H3,(H-,57,60,61,62)/b10-8-,16-14-,20-19-,23-22-. The van der Waals surface area contributed by atoms with Gasteiger partial charge in [0.1, 0.15) is 13.2 Å². The van der Waals surface area contributed by atoms with Crippen molar-refractivity contribution < 1.29 is 32.9 Å². The molecule has 0 spiro atoms. The number of carbonyl (C=O) groups is 1. The molecule has 0 radical (unpaired) electrons. The Labute approximate surface area is 403 Å². The van der Waals surface area contributed by atoms with Crippen LogP contribution in [0.2, 0.25) is 0 Å². The van der Waals surface area contributed by atoms with Crippen molar-refractivity contribution in [2.24, 2.45) is 0 Å². The van der Waals surface area contributed by atoms with Crippen LogP contribution in [-0.4, -0.2) is 68.5 Å². The number of nitrogens with zero attached hydrogens (tertiary/aromatic N) is 1. The molecule has 0 bridgehead atoms. The van der Waals surface area contributed by atoms with Crippen molar-refractivity contribution in [1.82, 2.24) is 5.32 Å². The fraction of sp³-hybridized carbons (Fsp3) is 0.839. The van der Waals surface area contributed by atoms with Gasteiger partial charge < -0.3 is 28.8 Å². The fourth-order valence-corrected chi connectivity index (χ4v) is 8.76. The van der Waals surface area contributed by atoms with Crippen molar-refractivity contribution in [3.63, 3.8) is 0 Å². The first-order chi connectivity index (χ1) is 31.5. The number of aliphatic hydroxyl groups excluding tert-OH is 1. The number of rotatable bonds is 50. The number of carbonyl (C=O) groups excluding carboxylic acids is 1. The normalized spacial score (nSPS) is 14.4. The molecule has 0 aliphatic heterocycles. The molecular weight excluding hydrogens is 828 g/mol. The lowest BCUT2D eigenvalue weighted by Gasteiger charge is -2.30. The van der Waals surface area contributed by atoms with Gasteiger partial charge in [0.15, 0.2) is 0 Å². The Morgan fingerprint density at radius 2 is 0.938 bits per heavy atom. The van der Waals surface area contributed by atoms with Crippen molar-refractivity contribution in [1.29, 1.82) is 0 Å². The number of hydrogen-bond donors (Lipinski definition) is 2.